The van der Waals surface area contributed by atoms with Crippen molar-refractivity contribution in [3.8, 4) is 17.9 Å². The molecule has 74 valence electrons. The molecule has 1 aromatic rings. The molecule has 0 unspecified atom stereocenters. The van der Waals surface area contributed by atoms with Crippen LogP contribution < -0.4 is 0 Å². The number of aryl methyl sites for hydroxylation is 1. The zero-order valence-corrected chi connectivity index (χ0v) is 8.24. The lowest BCUT2D eigenvalue weighted by Crippen LogP contribution is -1.90. The first-order valence-electron chi connectivity index (χ1n) is 4.35. The van der Waals surface area contributed by atoms with Gasteiger partial charge < -0.3 is 5.11 Å². The molecule has 0 heterocycles. The van der Waals surface area contributed by atoms with E-state index < -0.39 is 5.97 Å². The van der Waals surface area contributed by atoms with Gasteiger partial charge in [-0.05, 0) is 30.7 Å². The van der Waals surface area contributed by atoms with Gasteiger partial charge in [-0.15, -0.1) is 0 Å². The highest BCUT2D eigenvalue weighted by molar-refractivity contribution is 5.70. The molecule has 0 aliphatic rings. The van der Waals surface area contributed by atoms with Gasteiger partial charge in [-0.3, -0.25) is 4.79 Å². The van der Waals surface area contributed by atoms with E-state index in [1.807, 2.05) is 13.0 Å². The maximum atomic E-state index is 10.2. The molecule has 0 radical (unpaired) electrons. The SMILES string of the molecule is Cc1cc(C#N)ccc1C#CCC(=O)O. The minimum atomic E-state index is -0.936. The van der Waals surface area contributed by atoms with Crippen LogP contribution in [0.4, 0.5) is 0 Å². The molecule has 1 rings (SSSR count). The molecular formula is C12H9NO2. The topological polar surface area (TPSA) is 61.1 Å². The number of nitriles is 1. The first kappa shape index (κ1) is 10.8. The Labute approximate surface area is 88.0 Å². The van der Waals surface area contributed by atoms with Gasteiger partial charge in [-0.1, -0.05) is 11.8 Å². The fourth-order valence-electron chi connectivity index (χ4n) is 1.09. The summed E-state index contributed by atoms with van der Waals surface area (Å²) in [6.07, 6.45) is -0.167. The Hall–Kier alpha value is -2.26. The van der Waals surface area contributed by atoms with Crippen LogP contribution in [0.15, 0.2) is 18.2 Å². The van der Waals surface area contributed by atoms with Crippen LogP contribution in [0.25, 0.3) is 0 Å². The second-order valence-corrected chi connectivity index (χ2v) is 3.01. The Kier molecular flexibility index (Phi) is 3.49. The zero-order valence-electron chi connectivity index (χ0n) is 8.24. The minimum absolute atomic E-state index is 0.167. The van der Waals surface area contributed by atoms with Gasteiger partial charge in [0, 0.05) is 5.56 Å². The van der Waals surface area contributed by atoms with Gasteiger partial charge in [-0.2, -0.15) is 5.26 Å². The van der Waals surface area contributed by atoms with Crippen LogP contribution in [0.5, 0.6) is 0 Å². The average Bonchev–Trinajstić information content (AvgIpc) is 2.20. The molecule has 3 heteroatoms. The number of rotatable bonds is 1. The molecule has 0 bridgehead atoms. The number of hydrogen-bond donors (Lipinski definition) is 1. The van der Waals surface area contributed by atoms with Crippen molar-refractivity contribution in [3.05, 3.63) is 34.9 Å². The largest absolute Gasteiger partial charge is 0.481 e. The fraction of sp³-hybridized carbons (Fsp3) is 0.167. The first-order valence-corrected chi connectivity index (χ1v) is 4.35. The molecule has 0 amide bonds. The summed E-state index contributed by atoms with van der Waals surface area (Å²) >= 11 is 0. The van der Waals surface area contributed by atoms with Crippen molar-refractivity contribution in [1.82, 2.24) is 0 Å². The molecule has 0 atom stereocenters. The van der Waals surface area contributed by atoms with Crippen LogP contribution >= 0.6 is 0 Å². The number of carbonyl (C=O) groups is 1. The van der Waals surface area contributed by atoms with Crippen molar-refractivity contribution < 1.29 is 9.90 Å². The molecule has 1 aromatic carbocycles. The van der Waals surface area contributed by atoms with Gasteiger partial charge in [-0.25, -0.2) is 0 Å². The van der Waals surface area contributed by atoms with Gasteiger partial charge in [0.05, 0.1) is 11.6 Å². The lowest BCUT2D eigenvalue weighted by Gasteiger charge is -1.97. The normalized spacial score (nSPS) is 8.53. The molecule has 0 fully saturated rings. The zero-order chi connectivity index (χ0) is 11.3. The third-order valence-electron chi connectivity index (χ3n) is 1.82. The van der Waals surface area contributed by atoms with Gasteiger partial charge in [0.15, 0.2) is 0 Å². The number of hydrogen-bond acceptors (Lipinski definition) is 2. The van der Waals surface area contributed by atoms with Crippen molar-refractivity contribution in [2.24, 2.45) is 0 Å². The van der Waals surface area contributed by atoms with Gasteiger partial charge in [0.25, 0.3) is 0 Å². The third-order valence-corrected chi connectivity index (χ3v) is 1.82. The Morgan fingerprint density at radius 3 is 2.80 bits per heavy atom. The second-order valence-electron chi connectivity index (χ2n) is 3.01. The van der Waals surface area contributed by atoms with Crippen LogP contribution in [-0.2, 0) is 4.79 Å². The van der Waals surface area contributed by atoms with E-state index in [0.29, 0.717) is 5.56 Å². The first-order chi connectivity index (χ1) is 7.13. The smallest absolute Gasteiger partial charge is 0.315 e. The summed E-state index contributed by atoms with van der Waals surface area (Å²) in [5, 5.41) is 17.0. The number of carboxylic acids is 1. The van der Waals surface area contributed by atoms with Crippen LogP contribution in [0.3, 0.4) is 0 Å². The Bertz CT molecular complexity index is 487. The molecule has 0 aromatic heterocycles. The summed E-state index contributed by atoms with van der Waals surface area (Å²) in [5.74, 6) is 4.37. The lowest BCUT2D eigenvalue weighted by atomic mass is 10.1. The molecule has 15 heavy (non-hydrogen) atoms. The summed E-state index contributed by atoms with van der Waals surface area (Å²) in [4.78, 5) is 10.2. The predicted octanol–water partition coefficient (Wildman–Crippen LogP) is 1.69. The van der Waals surface area contributed by atoms with E-state index in [4.69, 9.17) is 10.4 Å². The number of aliphatic carboxylic acids is 1. The molecule has 0 aliphatic carbocycles. The van der Waals surface area contributed by atoms with Crippen molar-refractivity contribution in [2.75, 3.05) is 0 Å². The molecule has 3 nitrogen and oxygen atoms in total. The van der Waals surface area contributed by atoms with Gasteiger partial charge >= 0.3 is 5.97 Å². The van der Waals surface area contributed by atoms with E-state index in [1.165, 1.54) is 0 Å². The minimum Gasteiger partial charge on any atom is -0.481 e. The van der Waals surface area contributed by atoms with Gasteiger partial charge in [0.1, 0.15) is 6.42 Å². The number of carboxylic acid groups (broad SMARTS) is 1. The van der Waals surface area contributed by atoms with Crippen LogP contribution in [0, 0.1) is 30.1 Å². The van der Waals surface area contributed by atoms with Crippen molar-refractivity contribution in [1.29, 1.82) is 5.26 Å². The Morgan fingerprint density at radius 1 is 1.53 bits per heavy atom. The Balaban J connectivity index is 2.91. The molecule has 0 saturated heterocycles. The monoisotopic (exact) mass is 199 g/mol. The summed E-state index contributed by atoms with van der Waals surface area (Å²) < 4.78 is 0. The fourth-order valence-corrected chi connectivity index (χ4v) is 1.09. The van der Waals surface area contributed by atoms with Crippen molar-refractivity contribution >= 4 is 5.97 Å². The standard InChI is InChI=1S/C12H9NO2/c1-9-7-10(8-13)5-6-11(9)3-2-4-12(14)15/h5-7H,4H2,1H3,(H,14,15). The summed E-state index contributed by atoms with van der Waals surface area (Å²) in [5.41, 5.74) is 2.22. The van der Waals surface area contributed by atoms with E-state index in [-0.39, 0.29) is 6.42 Å². The van der Waals surface area contributed by atoms with E-state index in [1.54, 1.807) is 18.2 Å². The molecule has 0 saturated carbocycles. The van der Waals surface area contributed by atoms with Crippen molar-refractivity contribution in [2.45, 2.75) is 13.3 Å². The maximum Gasteiger partial charge on any atom is 0.315 e. The van der Waals surface area contributed by atoms with Crippen LogP contribution in [0.2, 0.25) is 0 Å². The lowest BCUT2D eigenvalue weighted by molar-refractivity contribution is -0.135. The molecule has 1 N–H and O–H groups in total. The quantitative estimate of drug-likeness (QED) is 0.700. The van der Waals surface area contributed by atoms with E-state index in [0.717, 1.165) is 11.1 Å². The molecule has 0 aliphatic heterocycles. The number of benzene rings is 1. The second kappa shape index (κ2) is 4.83. The average molecular weight is 199 g/mol. The van der Waals surface area contributed by atoms with E-state index in [2.05, 4.69) is 11.8 Å². The van der Waals surface area contributed by atoms with E-state index in [9.17, 15) is 4.79 Å². The molecular weight excluding hydrogens is 190 g/mol. The highest BCUT2D eigenvalue weighted by Gasteiger charge is 1.96. The molecule has 0 spiro atoms. The Morgan fingerprint density at radius 2 is 2.27 bits per heavy atom. The third kappa shape index (κ3) is 3.17. The van der Waals surface area contributed by atoms with Gasteiger partial charge in [0.2, 0.25) is 0 Å². The van der Waals surface area contributed by atoms with Crippen molar-refractivity contribution in [3.63, 3.8) is 0 Å². The van der Waals surface area contributed by atoms with Crippen LogP contribution in [0.1, 0.15) is 23.1 Å². The highest BCUT2D eigenvalue weighted by Crippen LogP contribution is 2.08. The van der Waals surface area contributed by atoms with Crippen LogP contribution in [-0.4, -0.2) is 11.1 Å². The number of nitrogens with zero attached hydrogens (tertiary/aromatic N) is 1. The maximum absolute atomic E-state index is 10.2. The highest BCUT2D eigenvalue weighted by atomic mass is 16.4. The summed E-state index contributed by atoms with van der Waals surface area (Å²) in [6.45, 7) is 1.84. The summed E-state index contributed by atoms with van der Waals surface area (Å²) in [7, 11) is 0. The summed E-state index contributed by atoms with van der Waals surface area (Å²) in [6, 6.07) is 7.14. The predicted molar refractivity (Wildman–Crippen MR) is 55.0 cm³/mol. The van der Waals surface area contributed by atoms with E-state index >= 15 is 0 Å².